The molecule has 0 aliphatic carbocycles. The van der Waals surface area contributed by atoms with E-state index >= 15 is 0 Å². The normalized spacial score (nSPS) is 11.7. The van der Waals surface area contributed by atoms with Crippen molar-refractivity contribution in [1.29, 1.82) is 5.26 Å². The third-order valence-electron chi connectivity index (χ3n) is 3.17. The fraction of sp³-hybridized carbons (Fsp3) is 0.294. The Labute approximate surface area is 124 Å². The van der Waals surface area contributed by atoms with Gasteiger partial charge < -0.3 is 9.15 Å². The molecule has 21 heavy (non-hydrogen) atoms. The highest BCUT2D eigenvalue weighted by atomic mass is 16.5. The van der Waals surface area contributed by atoms with Gasteiger partial charge in [-0.3, -0.25) is 4.79 Å². The molecule has 4 nitrogen and oxygen atoms in total. The van der Waals surface area contributed by atoms with Crippen LogP contribution in [0.15, 0.2) is 40.8 Å². The monoisotopic (exact) mass is 283 g/mol. The van der Waals surface area contributed by atoms with Crippen molar-refractivity contribution in [3.8, 4) is 11.8 Å². The van der Waals surface area contributed by atoms with Crippen LogP contribution in [0.25, 0.3) is 0 Å². The van der Waals surface area contributed by atoms with Gasteiger partial charge in [0.25, 0.3) is 0 Å². The van der Waals surface area contributed by atoms with E-state index in [9.17, 15) is 10.1 Å². The van der Waals surface area contributed by atoms with Crippen LogP contribution in [0.5, 0.6) is 5.75 Å². The molecule has 1 aromatic heterocycles. The molecule has 0 fully saturated rings. The lowest BCUT2D eigenvalue weighted by atomic mass is 9.95. The quantitative estimate of drug-likeness (QED) is 0.758. The molecule has 0 spiro atoms. The van der Waals surface area contributed by atoms with Gasteiger partial charge in [-0.2, -0.15) is 5.26 Å². The molecule has 0 saturated heterocycles. The van der Waals surface area contributed by atoms with Gasteiger partial charge in [0.05, 0.1) is 12.7 Å². The van der Waals surface area contributed by atoms with Crippen molar-refractivity contribution in [3.05, 3.63) is 53.5 Å². The first-order valence-electron chi connectivity index (χ1n) is 6.94. The first-order valence-corrected chi connectivity index (χ1v) is 6.94. The first-order chi connectivity index (χ1) is 10.2. The SMILES string of the molecule is CCOc1ccc(C(C#N)C(=O)c2ccc(CC)o2)cc1. The minimum atomic E-state index is -0.864. The van der Waals surface area contributed by atoms with Crippen molar-refractivity contribution >= 4 is 5.78 Å². The smallest absolute Gasteiger partial charge is 0.219 e. The van der Waals surface area contributed by atoms with Crippen LogP contribution in [0.1, 0.15) is 41.6 Å². The zero-order valence-electron chi connectivity index (χ0n) is 12.1. The highest BCUT2D eigenvalue weighted by Gasteiger charge is 2.24. The van der Waals surface area contributed by atoms with Gasteiger partial charge in [0.1, 0.15) is 17.4 Å². The molecule has 0 amide bonds. The Hall–Kier alpha value is -2.54. The third kappa shape index (κ3) is 3.32. The van der Waals surface area contributed by atoms with Gasteiger partial charge in [-0.25, -0.2) is 0 Å². The van der Waals surface area contributed by atoms with Gasteiger partial charge in [-0.1, -0.05) is 19.1 Å². The molecule has 108 valence electrons. The molecule has 2 rings (SSSR count). The number of rotatable bonds is 6. The second kappa shape index (κ2) is 6.76. The summed E-state index contributed by atoms with van der Waals surface area (Å²) in [5, 5.41) is 9.30. The van der Waals surface area contributed by atoms with Gasteiger partial charge in [0.2, 0.25) is 5.78 Å². The summed E-state index contributed by atoms with van der Waals surface area (Å²) in [5.41, 5.74) is 0.639. The first kappa shape index (κ1) is 14.9. The molecule has 0 N–H and O–H groups in total. The molecular formula is C17H17NO3. The minimum absolute atomic E-state index is 0.229. The molecule has 0 saturated carbocycles. The van der Waals surface area contributed by atoms with Crippen molar-refractivity contribution < 1.29 is 13.9 Å². The largest absolute Gasteiger partial charge is 0.494 e. The summed E-state index contributed by atoms with van der Waals surface area (Å²) in [4.78, 5) is 12.4. The van der Waals surface area contributed by atoms with E-state index in [-0.39, 0.29) is 11.5 Å². The summed E-state index contributed by atoms with van der Waals surface area (Å²) in [5.74, 6) is 0.503. The summed E-state index contributed by atoms with van der Waals surface area (Å²) in [6.45, 7) is 4.42. The number of carbonyl (C=O) groups excluding carboxylic acids is 1. The van der Waals surface area contributed by atoms with E-state index in [4.69, 9.17) is 9.15 Å². The topological polar surface area (TPSA) is 63.2 Å². The third-order valence-corrected chi connectivity index (χ3v) is 3.17. The number of ether oxygens (including phenoxy) is 1. The van der Waals surface area contributed by atoms with E-state index in [1.165, 1.54) is 0 Å². The summed E-state index contributed by atoms with van der Waals surface area (Å²) in [7, 11) is 0. The standard InChI is InChI=1S/C17H17NO3/c1-3-13-9-10-16(21-13)17(19)15(11-18)12-5-7-14(8-6-12)20-4-2/h5-10,15H,3-4H2,1-2H3. The summed E-state index contributed by atoms with van der Waals surface area (Å²) in [6.07, 6.45) is 0.716. The van der Waals surface area contributed by atoms with E-state index in [1.807, 2.05) is 19.9 Å². The van der Waals surface area contributed by atoms with Crippen LogP contribution in [0.4, 0.5) is 0 Å². The van der Waals surface area contributed by atoms with Gasteiger partial charge in [-0.15, -0.1) is 0 Å². The number of furan rings is 1. The molecule has 4 heteroatoms. The molecule has 1 unspecified atom stereocenters. The second-order valence-electron chi connectivity index (χ2n) is 4.55. The van der Waals surface area contributed by atoms with Gasteiger partial charge in [0.15, 0.2) is 5.76 Å². The Morgan fingerprint density at radius 1 is 1.24 bits per heavy atom. The van der Waals surface area contributed by atoms with Crippen LogP contribution in [-0.2, 0) is 6.42 Å². The molecular weight excluding hydrogens is 266 g/mol. The number of aryl methyl sites for hydroxylation is 1. The Balaban J connectivity index is 2.22. The Kier molecular flexibility index (Phi) is 4.78. The predicted molar refractivity (Wildman–Crippen MR) is 78.4 cm³/mol. The molecule has 1 atom stereocenters. The molecule has 0 aliphatic rings. The maximum absolute atomic E-state index is 12.4. The minimum Gasteiger partial charge on any atom is -0.494 e. The van der Waals surface area contributed by atoms with E-state index < -0.39 is 5.92 Å². The molecule has 1 heterocycles. The van der Waals surface area contributed by atoms with Crippen LogP contribution in [-0.4, -0.2) is 12.4 Å². The second-order valence-corrected chi connectivity index (χ2v) is 4.55. The van der Waals surface area contributed by atoms with Gasteiger partial charge >= 0.3 is 0 Å². The van der Waals surface area contributed by atoms with Crippen molar-refractivity contribution in [3.63, 3.8) is 0 Å². The van der Waals surface area contributed by atoms with Crippen molar-refractivity contribution in [2.75, 3.05) is 6.61 Å². The zero-order valence-corrected chi connectivity index (χ0v) is 12.1. The van der Waals surface area contributed by atoms with Gasteiger partial charge in [-0.05, 0) is 36.8 Å². The summed E-state index contributed by atoms with van der Waals surface area (Å²) >= 11 is 0. The van der Waals surface area contributed by atoms with Crippen LogP contribution in [0.3, 0.4) is 0 Å². The van der Waals surface area contributed by atoms with Gasteiger partial charge in [0, 0.05) is 6.42 Å². The number of ketones is 1. The lowest BCUT2D eigenvalue weighted by Crippen LogP contribution is -2.10. The van der Waals surface area contributed by atoms with Crippen LogP contribution >= 0.6 is 0 Å². The number of Topliss-reactive ketones (excluding diaryl/α,β-unsaturated/α-hetero) is 1. The fourth-order valence-electron chi connectivity index (χ4n) is 2.05. The highest BCUT2D eigenvalue weighted by Crippen LogP contribution is 2.24. The van der Waals surface area contributed by atoms with Crippen molar-refractivity contribution in [2.45, 2.75) is 26.2 Å². The number of nitrogens with zero attached hydrogens (tertiary/aromatic N) is 1. The molecule has 2 aromatic rings. The Bertz CT molecular complexity index is 649. The number of benzene rings is 1. The lowest BCUT2D eigenvalue weighted by molar-refractivity contribution is 0.0950. The summed E-state index contributed by atoms with van der Waals surface area (Å²) < 4.78 is 10.8. The summed E-state index contributed by atoms with van der Waals surface area (Å²) in [6, 6.07) is 12.4. The van der Waals surface area contributed by atoms with E-state index in [0.29, 0.717) is 18.6 Å². The molecule has 0 aliphatic heterocycles. The zero-order chi connectivity index (χ0) is 15.2. The molecule has 0 bridgehead atoms. The number of hydrogen-bond donors (Lipinski definition) is 0. The number of hydrogen-bond acceptors (Lipinski definition) is 4. The Morgan fingerprint density at radius 2 is 1.95 bits per heavy atom. The Morgan fingerprint density at radius 3 is 2.48 bits per heavy atom. The van der Waals surface area contributed by atoms with E-state index in [1.54, 1.807) is 36.4 Å². The van der Waals surface area contributed by atoms with Crippen LogP contribution < -0.4 is 4.74 Å². The maximum Gasteiger partial charge on any atom is 0.219 e. The predicted octanol–water partition coefficient (Wildman–Crippen LogP) is 3.73. The van der Waals surface area contributed by atoms with E-state index in [0.717, 1.165) is 11.5 Å². The highest BCUT2D eigenvalue weighted by molar-refractivity contribution is 6.00. The average Bonchev–Trinajstić information content (AvgIpc) is 2.99. The fourth-order valence-corrected chi connectivity index (χ4v) is 2.05. The maximum atomic E-state index is 12.4. The van der Waals surface area contributed by atoms with Crippen LogP contribution in [0, 0.1) is 11.3 Å². The number of nitriles is 1. The number of carbonyl (C=O) groups is 1. The lowest BCUT2D eigenvalue weighted by Gasteiger charge is -2.08. The molecule has 1 aromatic carbocycles. The van der Waals surface area contributed by atoms with Crippen LogP contribution in [0.2, 0.25) is 0 Å². The average molecular weight is 283 g/mol. The van der Waals surface area contributed by atoms with Crippen molar-refractivity contribution in [2.24, 2.45) is 0 Å². The molecule has 0 radical (unpaired) electrons. The van der Waals surface area contributed by atoms with E-state index in [2.05, 4.69) is 0 Å². The van der Waals surface area contributed by atoms with Crippen molar-refractivity contribution in [1.82, 2.24) is 0 Å².